The highest BCUT2D eigenvalue weighted by Gasteiger charge is 2.38. The van der Waals surface area contributed by atoms with Crippen LogP contribution in [-0.2, 0) is 4.74 Å². The number of likely N-dealkylation sites (tertiary alicyclic amines) is 1. The summed E-state index contributed by atoms with van der Waals surface area (Å²) >= 11 is 6.88. The average molecular weight is 632 g/mol. The molecule has 45 heavy (non-hydrogen) atoms. The van der Waals surface area contributed by atoms with Crippen molar-refractivity contribution >= 4 is 39.1 Å². The molecular weight excluding hydrogens is 593 g/mol. The van der Waals surface area contributed by atoms with Crippen molar-refractivity contribution in [3.8, 4) is 22.9 Å². The lowest BCUT2D eigenvalue weighted by molar-refractivity contribution is 0.0779. The highest BCUT2D eigenvalue weighted by molar-refractivity contribution is 6.35. The number of anilines is 1. The number of phenolic OH excluding ortho intramolecular Hbond substituents is 1. The maximum atomic E-state index is 16.8. The van der Waals surface area contributed by atoms with E-state index in [4.69, 9.17) is 26.1 Å². The number of piperazine rings is 1. The van der Waals surface area contributed by atoms with E-state index in [1.807, 2.05) is 24.3 Å². The van der Waals surface area contributed by atoms with Crippen molar-refractivity contribution < 1.29 is 19.0 Å². The number of nitrogens with zero attached hydrogens (tertiary/aromatic N) is 4. The number of nitrogens with one attached hydrogen (secondary N) is 1. The Hall–Kier alpha value is -3.24. The number of ether oxygens (including phenoxy) is 2. The summed E-state index contributed by atoms with van der Waals surface area (Å²) in [5, 5.41) is 16.6. The number of hydrogen-bond donors (Lipinski definition) is 2. The second-order valence-electron chi connectivity index (χ2n) is 13.4. The van der Waals surface area contributed by atoms with Crippen molar-refractivity contribution in [2.45, 2.75) is 50.6 Å². The van der Waals surface area contributed by atoms with Gasteiger partial charge in [0.05, 0.1) is 18.2 Å². The number of aromatic nitrogens is 2. The molecule has 8 nitrogen and oxygen atoms in total. The Morgan fingerprint density at radius 2 is 1.84 bits per heavy atom. The van der Waals surface area contributed by atoms with Gasteiger partial charge in [-0.1, -0.05) is 35.9 Å². The van der Waals surface area contributed by atoms with Gasteiger partial charge in [0.25, 0.3) is 0 Å². The van der Waals surface area contributed by atoms with Crippen LogP contribution in [0.1, 0.15) is 38.5 Å². The Bertz CT molecular complexity index is 1730. The number of piperidine rings is 1. The molecule has 1 spiro atoms. The number of aromatic hydroxyl groups is 1. The SMILES string of the molecule is Oc1cc(-c2c(Cl)cc3c(N4CC5CCC(C4)N5)nc(OCCCN4CCC5(CCOC5)CC4)nc3c2F)c2ccccc2c1. The maximum absolute atomic E-state index is 16.8. The summed E-state index contributed by atoms with van der Waals surface area (Å²) in [4.78, 5) is 14.3. The predicted octanol–water partition coefficient (Wildman–Crippen LogP) is 6.16. The van der Waals surface area contributed by atoms with E-state index < -0.39 is 5.82 Å². The molecule has 2 unspecified atom stereocenters. The van der Waals surface area contributed by atoms with E-state index in [2.05, 4.69) is 20.1 Å². The molecule has 2 atom stereocenters. The number of rotatable bonds is 7. The third-order valence-electron chi connectivity index (χ3n) is 10.4. The summed E-state index contributed by atoms with van der Waals surface area (Å²) in [6, 6.07) is 13.5. The van der Waals surface area contributed by atoms with Crippen LogP contribution in [0.4, 0.5) is 10.2 Å². The van der Waals surface area contributed by atoms with Crippen LogP contribution in [0.3, 0.4) is 0 Å². The molecule has 4 aromatic rings. The van der Waals surface area contributed by atoms with E-state index in [9.17, 15) is 5.11 Å². The van der Waals surface area contributed by atoms with E-state index >= 15 is 4.39 Å². The van der Waals surface area contributed by atoms with Gasteiger partial charge in [0, 0.05) is 49.3 Å². The molecule has 5 heterocycles. The fourth-order valence-electron chi connectivity index (χ4n) is 7.93. The third-order valence-corrected chi connectivity index (χ3v) is 10.7. The second kappa shape index (κ2) is 11.8. The first-order valence-corrected chi connectivity index (χ1v) is 16.7. The minimum absolute atomic E-state index is 0.0448. The standard InChI is InChI=1S/C35H39ClFN5O3/c36-29-18-28-32(31(37)30(29)27-17-25(43)16-22-4-1-2-5-26(22)27)39-34(40-33(28)42-19-23-6-7-24(20-42)38-23)45-14-3-11-41-12-8-35(9-13-41)10-15-44-21-35/h1-2,4-5,16-18,23-24,38,43H,3,6-15,19-21H2. The molecule has 0 aliphatic carbocycles. The van der Waals surface area contributed by atoms with Crippen molar-refractivity contribution in [1.82, 2.24) is 20.2 Å². The first-order valence-electron chi connectivity index (χ1n) is 16.3. The lowest BCUT2D eigenvalue weighted by atomic mass is 9.78. The van der Waals surface area contributed by atoms with Gasteiger partial charge in [0.15, 0.2) is 5.82 Å². The summed E-state index contributed by atoms with van der Waals surface area (Å²) in [5.74, 6) is 0.156. The molecule has 2 N–H and O–H groups in total. The zero-order valence-electron chi connectivity index (χ0n) is 25.4. The molecule has 236 valence electrons. The molecule has 10 heteroatoms. The highest BCUT2D eigenvalue weighted by Crippen LogP contribution is 2.43. The van der Waals surface area contributed by atoms with Crippen LogP contribution in [0.5, 0.6) is 11.8 Å². The Morgan fingerprint density at radius 1 is 1.04 bits per heavy atom. The largest absolute Gasteiger partial charge is 0.508 e. The minimum Gasteiger partial charge on any atom is -0.508 e. The van der Waals surface area contributed by atoms with Gasteiger partial charge in [-0.05, 0) is 91.6 Å². The molecule has 2 bridgehead atoms. The van der Waals surface area contributed by atoms with Crippen molar-refractivity contribution in [1.29, 1.82) is 0 Å². The molecule has 0 amide bonds. The van der Waals surface area contributed by atoms with Crippen molar-refractivity contribution in [3.63, 3.8) is 0 Å². The fraction of sp³-hybridized carbons (Fsp3) is 0.486. The van der Waals surface area contributed by atoms with Crippen LogP contribution in [0.15, 0.2) is 42.5 Å². The molecular formula is C35H39ClFN5O3. The average Bonchev–Trinajstić information content (AvgIpc) is 3.64. The molecule has 4 aliphatic rings. The normalized spacial score (nSPS) is 23.0. The van der Waals surface area contributed by atoms with Gasteiger partial charge in [-0.15, -0.1) is 0 Å². The Labute approximate surface area is 267 Å². The van der Waals surface area contributed by atoms with Crippen molar-refractivity contribution in [2.24, 2.45) is 5.41 Å². The van der Waals surface area contributed by atoms with Crippen LogP contribution in [0.25, 0.3) is 32.8 Å². The smallest absolute Gasteiger partial charge is 0.319 e. The van der Waals surface area contributed by atoms with Crippen LogP contribution < -0.4 is 15.0 Å². The summed E-state index contributed by atoms with van der Waals surface area (Å²) in [6.45, 7) is 6.93. The van der Waals surface area contributed by atoms with Crippen LogP contribution in [-0.4, -0.2) is 84.6 Å². The van der Waals surface area contributed by atoms with Crippen LogP contribution in [0.2, 0.25) is 5.02 Å². The van der Waals surface area contributed by atoms with Gasteiger partial charge in [0.2, 0.25) is 0 Å². The number of hydrogen-bond acceptors (Lipinski definition) is 8. The topological polar surface area (TPSA) is 83.0 Å². The van der Waals surface area contributed by atoms with Gasteiger partial charge >= 0.3 is 6.01 Å². The summed E-state index contributed by atoms with van der Waals surface area (Å²) in [5.41, 5.74) is 1.29. The molecule has 3 aromatic carbocycles. The molecule has 0 saturated carbocycles. The molecule has 8 rings (SSSR count). The van der Waals surface area contributed by atoms with Gasteiger partial charge in [-0.3, -0.25) is 0 Å². The second-order valence-corrected chi connectivity index (χ2v) is 13.8. The first kappa shape index (κ1) is 29.2. The minimum atomic E-state index is -0.544. The highest BCUT2D eigenvalue weighted by atomic mass is 35.5. The molecule has 0 radical (unpaired) electrons. The van der Waals surface area contributed by atoms with E-state index in [-0.39, 0.29) is 27.9 Å². The quantitative estimate of drug-likeness (QED) is 0.235. The monoisotopic (exact) mass is 631 g/mol. The summed E-state index contributed by atoms with van der Waals surface area (Å²) < 4.78 is 28.6. The maximum Gasteiger partial charge on any atom is 0.319 e. The number of halogens is 2. The lowest BCUT2D eigenvalue weighted by Crippen LogP contribution is -2.51. The van der Waals surface area contributed by atoms with Gasteiger partial charge in [-0.25, -0.2) is 4.39 Å². The zero-order valence-corrected chi connectivity index (χ0v) is 26.2. The number of benzene rings is 3. The van der Waals surface area contributed by atoms with Crippen LogP contribution in [0, 0.1) is 11.2 Å². The molecule has 1 aromatic heterocycles. The predicted molar refractivity (Wildman–Crippen MR) is 175 cm³/mol. The summed E-state index contributed by atoms with van der Waals surface area (Å²) in [6.07, 6.45) is 6.63. The number of fused-ring (bicyclic) bond motifs is 4. The lowest BCUT2D eigenvalue weighted by Gasteiger charge is -2.38. The number of phenols is 1. The van der Waals surface area contributed by atoms with Crippen molar-refractivity contribution in [2.75, 3.05) is 57.4 Å². The molecule has 4 fully saturated rings. The Morgan fingerprint density at radius 3 is 2.62 bits per heavy atom. The van der Waals surface area contributed by atoms with E-state index in [0.717, 1.165) is 76.0 Å². The van der Waals surface area contributed by atoms with E-state index in [0.29, 0.717) is 40.9 Å². The Balaban J connectivity index is 1.10. The van der Waals surface area contributed by atoms with Crippen LogP contribution >= 0.6 is 11.6 Å². The van der Waals surface area contributed by atoms with Gasteiger partial charge < -0.3 is 29.7 Å². The van der Waals surface area contributed by atoms with Gasteiger partial charge in [0.1, 0.15) is 17.1 Å². The zero-order chi connectivity index (χ0) is 30.5. The fourth-order valence-corrected chi connectivity index (χ4v) is 8.22. The first-order chi connectivity index (χ1) is 21.9. The molecule has 4 saturated heterocycles. The van der Waals surface area contributed by atoms with Gasteiger partial charge in [-0.2, -0.15) is 9.97 Å². The van der Waals surface area contributed by atoms with Crippen molar-refractivity contribution in [3.05, 3.63) is 53.3 Å². The summed E-state index contributed by atoms with van der Waals surface area (Å²) in [7, 11) is 0. The molecule has 4 aliphatic heterocycles. The third kappa shape index (κ3) is 5.58. The van der Waals surface area contributed by atoms with E-state index in [1.165, 1.54) is 19.3 Å². The Kier molecular flexibility index (Phi) is 7.68. The van der Waals surface area contributed by atoms with E-state index in [1.54, 1.807) is 18.2 Å².